The van der Waals surface area contributed by atoms with E-state index >= 15 is 0 Å². The zero-order valence-electron chi connectivity index (χ0n) is 14.3. The summed E-state index contributed by atoms with van der Waals surface area (Å²) in [6.07, 6.45) is 0. The van der Waals surface area contributed by atoms with Gasteiger partial charge in [-0.2, -0.15) is 0 Å². The minimum atomic E-state index is 0.368. The van der Waals surface area contributed by atoms with Crippen molar-refractivity contribution in [1.29, 1.82) is 0 Å². The van der Waals surface area contributed by atoms with Gasteiger partial charge in [0.15, 0.2) is 0 Å². The van der Waals surface area contributed by atoms with E-state index in [2.05, 4.69) is 75.5 Å². The van der Waals surface area contributed by atoms with Crippen LogP contribution in [0.15, 0.2) is 42.5 Å². The summed E-state index contributed by atoms with van der Waals surface area (Å²) in [5.41, 5.74) is 4.81. The molecule has 0 spiro atoms. The molecule has 118 valence electrons. The van der Waals surface area contributed by atoms with Crippen molar-refractivity contribution in [3.63, 3.8) is 0 Å². The maximum Gasteiger partial charge on any atom is 0.150 e. The first-order chi connectivity index (χ1) is 10.5. The van der Waals surface area contributed by atoms with E-state index in [4.69, 9.17) is 4.74 Å². The lowest BCUT2D eigenvalue weighted by molar-refractivity contribution is 0.342. The van der Waals surface area contributed by atoms with Crippen molar-refractivity contribution in [2.75, 3.05) is 11.9 Å². The summed E-state index contributed by atoms with van der Waals surface area (Å²) in [5, 5.41) is 3.51. The lowest BCUT2D eigenvalue weighted by atomic mass is 9.91. The molecular weight excluding hydrogens is 270 g/mol. The lowest BCUT2D eigenvalue weighted by Crippen LogP contribution is -2.12. The highest BCUT2D eigenvalue weighted by atomic mass is 16.5. The van der Waals surface area contributed by atoms with Crippen LogP contribution in [0.3, 0.4) is 0 Å². The highest BCUT2D eigenvalue weighted by Gasteiger charge is 2.18. The summed E-state index contributed by atoms with van der Waals surface area (Å²) >= 11 is 0. The number of ether oxygens (including phenoxy) is 1. The molecule has 0 aliphatic carbocycles. The topological polar surface area (TPSA) is 21.3 Å². The molecule has 2 rings (SSSR count). The van der Waals surface area contributed by atoms with Gasteiger partial charge in [0, 0.05) is 11.6 Å². The van der Waals surface area contributed by atoms with Gasteiger partial charge >= 0.3 is 0 Å². The Bertz CT molecular complexity index is 603. The average Bonchev–Trinajstić information content (AvgIpc) is 2.49. The van der Waals surface area contributed by atoms with E-state index in [1.807, 2.05) is 6.92 Å². The van der Waals surface area contributed by atoms with Crippen LogP contribution in [0.25, 0.3) is 11.1 Å². The van der Waals surface area contributed by atoms with Gasteiger partial charge in [0.1, 0.15) is 5.75 Å². The van der Waals surface area contributed by atoms with Crippen molar-refractivity contribution < 1.29 is 4.74 Å². The number of benzene rings is 2. The molecule has 0 saturated heterocycles. The fourth-order valence-corrected chi connectivity index (χ4v) is 2.70. The Kier molecular flexibility index (Phi) is 5.48. The van der Waals surface area contributed by atoms with Crippen LogP contribution in [0.2, 0.25) is 0 Å². The molecule has 0 saturated carbocycles. The minimum Gasteiger partial charge on any atom is -0.491 e. The molecule has 2 aromatic carbocycles. The Morgan fingerprint density at radius 2 is 1.64 bits per heavy atom. The molecule has 0 radical (unpaired) electrons. The van der Waals surface area contributed by atoms with E-state index < -0.39 is 0 Å². The maximum absolute atomic E-state index is 6.05. The monoisotopic (exact) mass is 297 g/mol. The molecule has 1 N–H and O–H groups in total. The Hall–Kier alpha value is -1.96. The molecule has 2 heteroatoms. The van der Waals surface area contributed by atoms with Crippen LogP contribution in [0.4, 0.5) is 5.69 Å². The summed E-state index contributed by atoms with van der Waals surface area (Å²) in [7, 11) is 0. The number of nitrogens with one attached hydrogen (secondary N) is 1. The van der Waals surface area contributed by atoms with Gasteiger partial charge < -0.3 is 10.1 Å². The van der Waals surface area contributed by atoms with Crippen LogP contribution in [0, 0.1) is 0 Å². The molecule has 0 aliphatic heterocycles. The normalized spacial score (nSPS) is 11.0. The zero-order chi connectivity index (χ0) is 16.1. The highest BCUT2D eigenvalue weighted by molar-refractivity contribution is 5.81. The van der Waals surface area contributed by atoms with E-state index in [-0.39, 0.29) is 0 Å². The van der Waals surface area contributed by atoms with Gasteiger partial charge in [0.05, 0.1) is 12.3 Å². The van der Waals surface area contributed by atoms with Gasteiger partial charge in [0.2, 0.25) is 0 Å². The largest absolute Gasteiger partial charge is 0.491 e. The zero-order valence-corrected chi connectivity index (χ0v) is 14.3. The molecule has 0 bridgehead atoms. The molecule has 22 heavy (non-hydrogen) atoms. The quantitative estimate of drug-likeness (QED) is 0.739. The molecule has 0 unspecified atom stereocenters. The number of hydrogen-bond acceptors (Lipinski definition) is 2. The smallest absolute Gasteiger partial charge is 0.150 e. The van der Waals surface area contributed by atoms with Gasteiger partial charge in [-0.25, -0.2) is 0 Å². The molecule has 2 nitrogen and oxygen atoms in total. The second kappa shape index (κ2) is 7.35. The van der Waals surface area contributed by atoms with Crippen molar-refractivity contribution in [3.05, 3.63) is 48.0 Å². The second-order valence-electron chi connectivity index (χ2n) is 6.16. The predicted octanol–water partition coefficient (Wildman–Crippen LogP) is 5.70. The summed E-state index contributed by atoms with van der Waals surface area (Å²) in [5.74, 6) is 1.41. The first-order valence-electron chi connectivity index (χ1n) is 8.16. The fraction of sp³-hybridized carbons (Fsp3) is 0.400. The van der Waals surface area contributed by atoms with Gasteiger partial charge in [0.25, 0.3) is 0 Å². The van der Waals surface area contributed by atoms with Gasteiger partial charge in [-0.15, -0.1) is 0 Å². The second-order valence-corrected chi connectivity index (χ2v) is 6.16. The maximum atomic E-state index is 6.05. The van der Waals surface area contributed by atoms with Crippen molar-refractivity contribution in [2.24, 2.45) is 0 Å². The molecule has 0 atom stereocenters. The molecule has 0 heterocycles. The third-order valence-electron chi connectivity index (χ3n) is 3.61. The van der Waals surface area contributed by atoms with Crippen molar-refractivity contribution in [2.45, 2.75) is 46.6 Å². The van der Waals surface area contributed by atoms with E-state index in [1.165, 1.54) is 16.7 Å². The van der Waals surface area contributed by atoms with Crippen LogP contribution in [0.1, 0.15) is 46.1 Å². The lowest BCUT2D eigenvalue weighted by Gasteiger charge is -2.22. The first-order valence-corrected chi connectivity index (χ1v) is 8.16. The number of hydrogen-bond donors (Lipinski definition) is 1. The van der Waals surface area contributed by atoms with Crippen molar-refractivity contribution in [1.82, 2.24) is 0 Å². The summed E-state index contributed by atoms with van der Waals surface area (Å²) in [4.78, 5) is 0. The Morgan fingerprint density at radius 1 is 0.955 bits per heavy atom. The van der Waals surface area contributed by atoms with Crippen LogP contribution in [0.5, 0.6) is 5.75 Å². The van der Waals surface area contributed by atoms with Gasteiger partial charge in [-0.05, 0) is 43.9 Å². The fourth-order valence-electron chi connectivity index (χ4n) is 2.70. The Labute approximate surface area is 134 Å². The molecule has 0 amide bonds. The Balaban J connectivity index is 2.68. The van der Waals surface area contributed by atoms with E-state index in [0.717, 1.165) is 11.4 Å². The van der Waals surface area contributed by atoms with E-state index in [1.54, 1.807) is 0 Å². The third-order valence-corrected chi connectivity index (χ3v) is 3.61. The standard InChI is InChI=1S/C20H27NO/c1-6-22-20-18(21-15(4)5)13-12-17(14(2)3)19(20)16-10-8-7-9-11-16/h7-15,21H,6H2,1-5H3. The molecule has 0 fully saturated rings. The SMILES string of the molecule is CCOc1c(NC(C)C)ccc(C(C)C)c1-c1ccccc1. The predicted molar refractivity (Wildman–Crippen MR) is 95.9 cm³/mol. The third kappa shape index (κ3) is 3.62. The molecular formula is C20H27NO. The number of anilines is 1. The van der Waals surface area contributed by atoms with E-state index in [0.29, 0.717) is 18.6 Å². The Morgan fingerprint density at radius 3 is 2.18 bits per heavy atom. The average molecular weight is 297 g/mol. The summed E-state index contributed by atoms with van der Waals surface area (Å²) in [6.45, 7) is 11.5. The molecule has 0 aliphatic rings. The summed E-state index contributed by atoms with van der Waals surface area (Å²) in [6, 6.07) is 15.3. The van der Waals surface area contributed by atoms with Crippen molar-refractivity contribution >= 4 is 5.69 Å². The highest BCUT2D eigenvalue weighted by Crippen LogP contribution is 2.42. The number of rotatable bonds is 6. The van der Waals surface area contributed by atoms with Crippen LogP contribution < -0.4 is 10.1 Å². The van der Waals surface area contributed by atoms with Crippen molar-refractivity contribution in [3.8, 4) is 16.9 Å². The minimum absolute atomic E-state index is 0.368. The van der Waals surface area contributed by atoms with Gasteiger partial charge in [-0.1, -0.05) is 50.2 Å². The van der Waals surface area contributed by atoms with Crippen LogP contribution >= 0.6 is 0 Å². The first kappa shape index (κ1) is 16.4. The van der Waals surface area contributed by atoms with Crippen LogP contribution in [-0.4, -0.2) is 12.6 Å². The van der Waals surface area contributed by atoms with E-state index in [9.17, 15) is 0 Å². The molecule has 0 aromatic heterocycles. The summed E-state index contributed by atoms with van der Waals surface area (Å²) < 4.78 is 6.05. The molecule has 2 aromatic rings. The van der Waals surface area contributed by atoms with Crippen LogP contribution in [-0.2, 0) is 0 Å². The van der Waals surface area contributed by atoms with Gasteiger partial charge in [-0.3, -0.25) is 0 Å².